The minimum Gasteiger partial charge on any atom is -0.497 e. The van der Waals surface area contributed by atoms with Gasteiger partial charge in [0.15, 0.2) is 0 Å². The Balaban J connectivity index is 1.85. The van der Waals surface area contributed by atoms with Crippen molar-refractivity contribution in [3.63, 3.8) is 0 Å². The number of alkyl halides is 2. The first kappa shape index (κ1) is 11.5. The molecular weight excluding hydrogens is 236 g/mol. The average molecular weight is 249 g/mol. The zero-order chi connectivity index (χ0) is 13.0. The standard InChI is InChI=1S/C14H13F2NO/c1-18-11-4-2-10(3-5-11)14(15,16)13-6-12(7-13,8-13)9-17/h2-5H,6-8H2,1H3. The molecule has 0 radical (unpaired) electrons. The highest BCUT2D eigenvalue weighted by molar-refractivity contribution is 5.37. The minimum absolute atomic E-state index is 0.0227. The van der Waals surface area contributed by atoms with Gasteiger partial charge in [0.05, 0.1) is 18.6 Å². The second-order valence-electron chi connectivity index (χ2n) is 5.51. The summed E-state index contributed by atoms with van der Waals surface area (Å²) in [5.74, 6) is -2.28. The van der Waals surface area contributed by atoms with Gasteiger partial charge in [-0.3, -0.25) is 0 Å². The fraction of sp³-hybridized carbons (Fsp3) is 0.500. The highest BCUT2D eigenvalue weighted by Crippen LogP contribution is 2.79. The van der Waals surface area contributed by atoms with Crippen molar-refractivity contribution in [1.29, 1.82) is 5.26 Å². The number of nitriles is 1. The van der Waals surface area contributed by atoms with Crippen molar-refractivity contribution in [1.82, 2.24) is 0 Å². The summed E-state index contributed by atoms with van der Waals surface area (Å²) >= 11 is 0. The largest absolute Gasteiger partial charge is 0.497 e. The topological polar surface area (TPSA) is 33.0 Å². The van der Waals surface area contributed by atoms with E-state index in [1.165, 1.54) is 19.2 Å². The van der Waals surface area contributed by atoms with Crippen LogP contribution in [-0.2, 0) is 5.92 Å². The van der Waals surface area contributed by atoms with E-state index in [0.29, 0.717) is 25.0 Å². The van der Waals surface area contributed by atoms with E-state index in [2.05, 4.69) is 6.07 Å². The highest BCUT2D eigenvalue weighted by atomic mass is 19.3. The summed E-state index contributed by atoms with van der Waals surface area (Å²) in [5, 5.41) is 8.89. The molecule has 4 rings (SSSR count). The van der Waals surface area contributed by atoms with Gasteiger partial charge in [-0.15, -0.1) is 0 Å². The Kier molecular flexibility index (Phi) is 2.05. The average Bonchev–Trinajstić information content (AvgIpc) is 2.26. The summed E-state index contributed by atoms with van der Waals surface area (Å²) in [6.45, 7) is 0. The molecule has 1 aromatic carbocycles. The predicted molar refractivity (Wildman–Crippen MR) is 61.2 cm³/mol. The van der Waals surface area contributed by atoms with E-state index in [9.17, 15) is 8.78 Å². The molecule has 3 aliphatic carbocycles. The molecule has 3 fully saturated rings. The van der Waals surface area contributed by atoms with E-state index in [1.54, 1.807) is 12.1 Å². The smallest absolute Gasteiger partial charge is 0.278 e. The van der Waals surface area contributed by atoms with Gasteiger partial charge < -0.3 is 4.74 Å². The van der Waals surface area contributed by atoms with Crippen molar-refractivity contribution in [2.24, 2.45) is 10.8 Å². The molecule has 18 heavy (non-hydrogen) atoms. The first-order valence-corrected chi connectivity index (χ1v) is 5.91. The molecule has 0 amide bonds. The van der Waals surface area contributed by atoms with Crippen molar-refractivity contribution in [2.45, 2.75) is 25.2 Å². The second kappa shape index (κ2) is 3.23. The molecule has 3 saturated carbocycles. The van der Waals surface area contributed by atoms with Crippen LogP contribution in [0.15, 0.2) is 24.3 Å². The molecule has 2 nitrogen and oxygen atoms in total. The van der Waals surface area contributed by atoms with E-state index in [1.807, 2.05) is 0 Å². The van der Waals surface area contributed by atoms with Crippen LogP contribution >= 0.6 is 0 Å². The first-order chi connectivity index (χ1) is 8.47. The summed E-state index contributed by atoms with van der Waals surface area (Å²) in [7, 11) is 1.50. The molecular formula is C14H13F2NO. The van der Waals surface area contributed by atoms with Crippen molar-refractivity contribution in [2.75, 3.05) is 7.11 Å². The van der Waals surface area contributed by atoms with Gasteiger partial charge >= 0.3 is 0 Å². The number of methoxy groups -OCH3 is 1. The van der Waals surface area contributed by atoms with Gasteiger partial charge in [-0.05, 0) is 43.5 Å². The Labute approximate surface area is 104 Å². The minimum atomic E-state index is -2.85. The number of hydrogen-bond acceptors (Lipinski definition) is 2. The number of nitrogens with zero attached hydrogens (tertiary/aromatic N) is 1. The molecule has 0 aromatic heterocycles. The lowest BCUT2D eigenvalue weighted by Crippen LogP contribution is -2.67. The maximum absolute atomic E-state index is 14.4. The Morgan fingerprint density at radius 2 is 1.78 bits per heavy atom. The van der Waals surface area contributed by atoms with Crippen molar-refractivity contribution in [3.05, 3.63) is 29.8 Å². The normalized spacial score (nSPS) is 33.0. The molecule has 2 bridgehead atoms. The summed E-state index contributed by atoms with van der Waals surface area (Å²) < 4.78 is 33.8. The van der Waals surface area contributed by atoms with Crippen molar-refractivity contribution in [3.8, 4) is 11.8 Å². The van der Waals surface area contributed by atoms with Crippen LogP contribution in [0, 0.1) is 22.2 Å². The van der Waals surface area contributed by atoms with Crippen molar-refractivity contribution >= 4 is 0 Å². The fourth-order valence-electron chi connectivity index (χ4n) is 3.35. The molecule has 0 aliphatic heterocycles. The maximum Gasteiger partial charge on any atom is 0.278 e. The molecule has 0 saturated heterocycles. The lowest BCUT2D eigenvalue weighted by atomic mass is 9.33. The molecule has 94 valence electrons. The number of ether oxygens (including phenoxy) is 1. The number of halogens is 2. The van der Waals surface area contributed by atoms with E-state index in [4.69, 9.17) is 10.00 Å². The van der Waals surface area contributed by atoms with Gasteiger partial charge in [0.1, 0.15) is 5.75 Å². The Morgan fingerprint density at radius 1 is 1.22 bits per heavy atom. The van der Waals surface area contributed by atoms with E-state index < -0.39 is 16.8 Å². The summed E-state index contributed by atoms with van der Waals surface area (Å²) in [6.07, 6.45) is 0.987. The van der Waals surface area contributed by atoms with Crippen LogP contribution in [0.4, 0.5) is 8.78 Å². The van der Waals surface area contributed by atoms with Crippen LogP contribution in [-0.4, -0.2) is 7.11 Å². The van der Waals surface area contributed by atoms with Gasteiger partial charge in [-0.1, -0.05) is 0 Å². The quantitative estimate of drug-likeness (QED) is 0.821. The van der Waals surface area contributed by atoms with Crippen LogP contribution in [0.25, 0.3) is 0 Å². The zero-order valence-corrected chi connectivity index (χ0v) is 10.0. The number of benzene rings is 1. The Hall–Kier alpha value is -1.63. The Morgan fingerprint density at radius 3 is 2.22 bits per heavy atom. The zero-order valence-electron chi connectivity index (χ0n) is 10.0. The molecule has 0 unspecified atom stereocenters. The molecule has 4 heteroatoms. The van der Waals surface area contributed by atoms with Gasteiger partial charge in [-0.25, -0.2) is 8.78 Å². The van der Waals surface area contributed by atoms with E-state index in [-0.39, 0.29) is 5.56 Å². The lowest BCUT2D eigenvalue weighted by molar-refractivity contribution is -0.300. The number of hydrogen-bond donors (Lipinski definition) is 0. The van der Waals surface area contributed by atoms with Gasteiger partial charge in [0.2, 0.25) is 0 Å². The summed E-state index contributed by atoms with van der Waals surface area (Å²) in [4.78, 5) is 0. The van der Waals surface area contributed by atoms with Gasteiger partial charge in [0, 0.05) is 11.0 Å². The van der Waals surface area contributed by atoms with Gasteiger partial charge in [0.25, 0.3) is 5.92 Å². The maximum atomic E-state index is 14.4. The third-order valence-electron chi connectivity index (χ3n) is 4.39. The second-order valence-corrected chi connectivity index (χ2v) is 5.51. The van der Waals surface area contributed by atoms with Crippen LogP contribution in [0.1, 0.15) is 24.8 Å². The summed E-state index contributed by atoms with van der Waals surface area (Å²) in [5.41, 5.74) is -1.40. The molecule has 0 spiro atoms. The van der Waals surface area contributed by atoms with Crippen molar-refractivity contribution < 1.29 is 13.5 Å². The molecule has 3 aliphatic rings. The third kappa shape index (κ3) is 1.19. The summed E-state index contributed by atoms with van der Waals surface area (Å²) in [6, 6.07) is 8.09. The highest BCUT2D eigenvalue weighted by Gasteiger charge is 2.78. The van der Waals surface area contributed by atoms with Gasteiger partial charge in [-0.2, -0.15) is 5.26 Å². The van der Waals surface area contributed by atoms with Crippen LogP contribution in [0.3, 0.4) is 0 Å². The van der Waals surface area contributed by atoms with Crippen LogP contribution in [0.5, 0.6) is 5.75 Å². The number of rotatable bonds is 3. The predicted octanol–water partition coefficient (Wildman–Crippen LogP) is 3.48. The third-order valence-corrected chi connectivity index (χ3v) is 4.39. The monoisotopic (exact) mass is 249 g/mol. The lowest BCUT2D eigenvalue weighted by Gasteiger charge is -2.69. The van der Waals surface area contributed by atoms with Crippen LogP contribution < -0.4 is 4.74 Å². The Bertz CT molecular complexity index is 510. The SMILES string of the molecule is COc1ccc(C(F)(F)C23CC(C#N)(C2)C3)cc1. The first-order valence-electron chi connectivity index (χ1n) is 5.91. The van der Waals surface area contributed by atoms with E-state index >= 15 is 0 Å². The molecule has 0 heterocycles. The molecule has 0 N–H and O–H groups in total. The molecule has 0 atom stereocenters. The molecule has 1 aromatic rings. The van der Waals surface area contributed by atoms with Crippen LogP contribution in [0.2, 0.25) is 0 Å². The fourth-order valence-corrected chi connectivity index (χ4v) is 3.35. The van der Waals surface area contributed by atoms with E-state index in [0.717, 1.165) is 0 Å².